The minimum absolute atomic E-state index is 0.0153. The maximum absolute atomic E-state index is 12.6. The molecule has 4 N–H and O–H groups in total. The van der Waals surface area contributed by atoms with Gasteiger partial charge in [-0.25, -0.2) is 4.57 Å². The number of nitrogens with two attached hydrogens (primary N) is 1. The second kappa shape index (κ2) is 39.7. The highest BCUT2D eigenvalue weighted by atomic mass is 31.2. The summed E-state index contributed by atoms with van der Waals surface area (Å²) in [6.07, 6.45) is 42.2. The molecular weight excluding hydrogens is 705 g/mol. The van der Waals surface area contributed by atoms with Crippen LogP contribution in [0.1, 0.15) is 200 Å². The van der Waals surface area contributed by atoms with E-state index in [2.05, 4.69) is 38.2 Å². The molecule has 11 heteroatoms. The molecule has 0 fully saturated rings. The molecule has 0 aliphatic rings. The first kappa shape index (κ1) is 52.5. The Labute approximate surface area is 330 Å². The van der Waals surface area contributed by atoms with Crippen LogP contribution >= 0.6 is 7.82 Å². The fourth-order valence-electron chi connectivity index (χ4n) is 6.05. The number of carboxylic acids is 1. The Balaban J connectivity index is 4.24. The number of esters is 1. The maximum Gasteiger partial charge on any atom is 0.472 e. The number of phosphoric acid groups is 1. The highest BCUT2D eigenvalue weighted by molar-refractivity contribution is 7.47. The molecule has 0 saturated carbocycles. The predicted octanol–water partition coefficient (Wildman–Crippen LogP) is 11.9. The van der Waals surface area contributed by atoms with Crippen molar-refractivity contribution in [1.29, 1.82) is 0 Å². The van der Waals surface area contributed by atoms with Gasteiger partial charge in [0.2, 0.25) is 0 Å². The summed E-state index contributed by atoms with van der Waals surface area (Å²) in [7, 11) is -4.61. The second-order valence-corrected chi connectivity index (χ2v) is 16.3. The number of ether oxygens (including phenoxy) is 2. The summed E-state index contributed by atoms with van der Waals surface area (Å²) in [5.74, 6) is -1.79. The lowest BCUT2D eigenvalue weighted by atomic mass is 10.0. The van der Waals surface area contributed by atoms with Crippen LogP contribution in [-0.4, -0.2) is 60.5 Å². The molecular formula is C43H82NO9P. The van der Waals surface area contributed by atoms with Crippen molar-refractivity contribution in [3.63, 3.8) is 0 Å². The molecule has 0 aliphatic heterocycles. The van der Waals surface area contributed by atoms with Gasteiger partial charge in [0.05, 0.1) is 19.8 Å². The van der Waals surface area contributed by atoms with E-state index in [1.54, 1.807) is 0 Å². The molecule has 0 aromatic carbocycles. The Morgan fingerprint density at radius 3 is 1.52 bits per heavy atom. The first-order valence-electron chi connectivity index (χ1n) is 21.9. The molecule has 3 unspecified atom stereocenters. The van der Waals surface area contributed by atoms with Crippen LogP contribution in [0.25, 0.3) is 0 Å². The highest BCUT2D eigenvalue weighted by Gasteiger charge is 2.27. The third-order valence-corrected chi connectivity index (χ3v) is 10.4. The highest BCUT2D eigenvalue weighted by Crippen LogP contribution is 2.43. The van der Waals surface area contributed by atoms with Gasteiger partial charge in [0.15, 0.2) is 0 Å². The van der Waals surface area contributed by atoms with Crippen LogP contribution in [0.5, 0.6) is 0 Å². The van der Waals surface area contributed by atoms with E-state index in [9.17, 15) is 19.0 Å². The summed E-state index contributed by atoms with van der Waals surface area (Å²) in [6.45, 7) is 3.87. The molecule has 10 nitrogen and oxygen atoms in total. The number of carbonyl (C=O) groups is 2. The predicted molar refractivity (Wildman–Crippen MR) is 222 cm³/mol. The van der Waals surface area contributed by atoms with Crippen molar-refractivity contribution in [2.24, 2.45) is 5.73 Å². The van der Waals surface area contributed by atoms with E-state index < -0.39 is 45.1 Å². The lowest BCUT2D eigenvalue weighted by Gasteiger charge is -2.20. The van der Waals surface area contributed by atoms with Gasteiger partial charge in [-0.3, -0.25) is 18.6 Å². The summed E-state index contributed by atoms with van der Waals surface area (Å²) in [5, 5.41) is 8.89. The molecule has 0 amide bonds. The number of hydrogen-bond donors (Lipinski definition) is 3. The normalized spacial score (nSPS) is 14.1. The van der Waals surface area contributed by atoms with Gasteiger partial charge in [-0.2, -0.15) is 0 Å². The number of unbranched alkanes of at least 4 members (excludes halogenated alkanes) is 24. The molecule has 0 aromatic rings. The molecule has 54 heavy (non-hydrogen) atoms. The lowest BCUT2D eigenvalue weighted by Crippen LogP contribution is -2.34. The molecule has 0 aromatic heterocycles. The van der Waals surface area contributed by atoms with E-state index in [0.717, 1.165) is 57.8 Å². The van der Waals surface area contributed by atoms with E-state index in [4.69, 9.17) is 29.4 Å². The van der Waals surface area contributed by atoms with Gasteiger partial charge < -0.3 is 25.2 Å². The van der Waals surface area contributed by atoms with Gasteiger partial charge >= 0.3 is 19.8 Å². The van der Waals surface area contributed by atoms with Crippen molar-refractivity contribution >= 4 is 19.8 Å². The summed E-state index contributed by atoms with van der Waals surface area (Å²) in [4.78, 5) is 33.5. The molecule has 0 radical (unpaired) electrons. The first-order chi connectivity index (χ1) is 26.2. The number of hydrogen-bond acceptors (Lipinski definition) is 8. The number of phosphoric ester groups is 1. The minimum Gasteiger partial charge on any atom is -0.480 e. The van der Waals surface area contributed by atoms with Gasteiger partial charge in [0.1, 0.15) is 12.1 Å². The zero-order valence-corrected chi connectivity index (χ0v) is 35.5. The number of allylic oxidation sites excluding steroid dienone is 4. The molecule has 318 valence electrons. The molecule has 0 aliphatic carbocycles. The van der Waals surface area contributed by atoms with Crippen molar-refractivity contribution < 1.29 is 42.7 Å². The molecule has 0 heterocycles. The number of carbonyl (C=O) groups excluding carboxylic acids is 1. The van der Waals surface area contributed by atoms with Crippen LogP contribution in [0.4, 0.5) is 0 Å². The summed E-state index contributed by atoms with van der Waals surface area (Å²) >= 11 is 0. The molecule has 0 spiro atoms. The third kappa shape index (κ3) is 38.7. The van der Waals surface area contributed by atoms with Crippen molar-refractivity contribution in [2.45, 2.75) is 212 Å². The van der Waals surface area contributed by atoms with Crippen LogP contribution in [0.2, 0.25) is 0 Å². The van der Waals surface area contributed by atoms with Crippen LogP contribution in [-0.2, 0) is 32.7 Å². The smallest absolute Gasteiger partial charge is 0.472 e. The van der Waals surface area contributed by atoms with Crippen molar-refractivity contribution in [3.8, 4) is 0 Å². The lowest BCUT2D eigenvalue weighted by molar-refractivity contribution is -0.154. The Bertz CT molecular complexity index is 961. The van der Waals surface area contributed by atoms with Gasteiger partial charge in [0, 0.05) is 13.0 Å². The molecule has 0 rings (SSSR count). The van der Waals surface area contributed by atoms with E-state index in [1.165, 1.54) is 116 Å². The minimum atomic E-state index is -4.61. The largest absolute Gasteiger partial charge is 0.480 e. The fraction of sp³-hybridized carbons (Fsp3) is 0.860. The van der Waals surface area contributed by atoms with Gasteiger partial charge in [-0.15, -0.1) is 0 Å². The van der Waals surface area contributed by atoms with Gasteiger partial charge in [0.25, 0.3) is 0 Å². The molecule has 0 bridgehead atoms. The van der Waals surface area contributed by atoms with Crippen LogP contribution in [0.3, 0.4) is 0 Å². The standard InChI is InChI=1S/C43H82NO9P/c1-3-5-7-9-11-13-15-17-19-21-23-25-27-29-31-33-35-42(45)53-40(38-51-54(48,49)52-39-41(44)43(46)47)37-50-36-34-32-30-28-26-24-22-20-18-16-14-12-10-8-6-4-2/h13,15,19,21,40-41H,3-12,14,16-18,20,22-39,44H2,1-2H3,(H,46,47)(H,48,49)/b15-13-,21-19-. The topological polar surface area (TPSA) is 155 Å². The van der Waals surface area contributed by atoms with Crippen molar-refractivity contribution in [2.75, 3.05) is 26.4 Å². The molecule has 3 atom stereocenters. The third-order valence-electron chi connectivity index (χ3n) is 9.48. The van der Waals surface area contributed by atoms with Crippen LogP contribution < -0.4 is 5.73 Å². The number of aliphatic carboxylic acids is 1. The SMILES string of the molecule is CCCCCC/C=C\C/C=C\CCCCCCCC(=O)OC(COCCCCCCCCCCCCCCCCCC)COP(=O)(O)OCC(N)C(=O)O. The van der Waals surface area contributed by atoms with E-state index in [0.29, 0.717) is 13.0 Å². The Hall–Kier alpha value is -1.55. The van der Waals surface area contributed by atoms with Crippen LogP contribution in [0.15, 0.2) is 24.3 Å². The average Bonchev–Trinajstić information content (AvgIpc) is 3.15. The quantitative estimate of drug-likeness (QED) is 0.0236. The Morgan fingerprint density at radius 2 is 1.02 bits per heavy atom. The average molecular weight is 788 g/mol. The Morgan fingerprint density at radius 1 is 0.593 bits per heavy atom. The maximum atomic E-state index is 12.6. The summed E-state index contributed by atoms with van der Waals surface area (Å²) < 4.78 is 33.3. The van der Waals surface area contributed by atoms with Crippen LogP contribution in [0, 0.1) is 0 Å². The number of carboxylic acid groups (broad SMARTS) is 1. The van der Waals surface area contributed by atoms with E-state index >= 15 is 0 Å². The monoisotopic (exact) mass is 788 g/mol. The summed E-state index contributed by atoms with van der Waals surface area (Å²) in [6, 6.07) is -1.47. The fourth-order valence-corrected chi connectivity index (χ4v) is 6.82. The van der Waals surface area contributed by atoms with E-state index in [-0.39, 0.29) is 13.0 Å². The zero-order valence-electron chi connectivity index (χ0n) is 34.6. The Kier molecular flexibility index (Phi) is 38.5. The van der Waals surface area contributed by atoms with Gasteiger partial charge in [-0.1, -0.05) is 173 Å². The van der Waals surface area contributed by atoms with Crippen molar-refractivity contribution in [3.05, 3.63) is 24.3 Å². The van der Waals surface area contributed by atoms with E-state index in [1.807, 2.05) is 0 Å². The second-order valence-electron chi connectivity index (χ2n) is 14.8. The zero-order chi connectivity index (χ0) is 39.8. The van der Waals surface area contributed by atoms with Crippen molar-refractivity contribution in [1.82, 2.24) is 0 Å². The van der Waals surface area contributed by atoms with Gasteiger partial charge in [-0.05, 0) is 44.9 Å². The molecule has 0 saturated heterocycles. The first-order valence-corrected chi connectivity index (χ1v) is 23.4. The summed E-state index contributed by atoms with van der Waals surface area (Å²) in [5.41, 5.74) is 5.35. The number of rotatable bonds is 42.